The highest BCUT2D eigenvalue weighted by Crippen LogP contribution is 2.20. The Kier molecular flexibility index (Phi) is 1.79. The molecule has 0 nitrogen and oxygen atoms in total. The quantitative estimate of drug-likeness (QED) is 0.480. The van der Waals surface area contributed by atoms with E-state index in [0.29, 0.717) is 5.25 Å². The Morgan fingerprint density at radius 3 is 2.75 bits per heavy atom. The Morgan fingerprint density at radius 2 is 2.38 bits per heavy atom. The van der Waals surface area contributed by atoms with E-state index in [9.17, 15) is 0 Å². The molecule has 1 unspecified atom stereocenters. The van der Waals surface area contributed by atoms with E-state index >= 15 is 0 Å². The van der Waals surface area contributed by atoms with Gasteiger partial charge in [-0.2, -0.15) is 0 Å². The van der Waals surface area contributed by atoms with Gasteiger partial charge >= 0.3 is 0 Å². The van der Waals surface area contributed by atoms with E-state index in [1.54, 1.807) is 0 Å². The van der Waals surface area contributed by atoms with Gasteiger partial charge < -0.3 is 0 Å². The molecule has 0 N–H and O–H groups in total. The maximum Gasteiger partial charge on any atom is 0.0245 e. The highest BCUT2D eigenvalue weighted by Gasteiger charge is 1.98. The minimum Gasteiger partial charge on any atom is -0.127 e. The topological polar surface area (TPSA) is 0 Å². The molecule has 0 saturated carbocycles. The van der Waals surface area contributed by atoms with E-state index < -0.39 is 0 Å². The predicted octanol–water partition coefficient (Wildman–Crippen LogP) is 2.58. The molecule has 0 saturated heterocycles. The third-order valence-electron chi connectivity index (χ3n) is 1.12. The molecule has 1 atom stereocenters. The van der Waals surface area contributed by atoms with Gasteiger partial charge in [-0.15, -0.1) is 11.8 Å². The summed E-state index contributed by atoms with van der Waals surface area (Å²) in [7, 11) is 0. The van der Waals surface area contributed by atoms with Gasteiger partial charge in [0.15, 0.2) is 0 Å². The first kappa shape index (κ1) is 5.96. The minimum atomic E-state index is 0.681. The van der Waals surface area contributed by atoms with Gasteiger partial charge in [0.05, 0.1) is 0 Å². The molecular formula is C7H10S. The Bertz CT molecular complexity index is 133. The molecule has 0 radical (unpaired) electrons. The van der Waals surface area contributed by atoms with Gasteiger partial charge in [-0.3, -0.25) is 0 Å². The molecule has 0 aromatic heterocycles. The van der Waals surface area contributed by atoms with Gasteiger partial charge in [-0.05, 0) is 19.3 Å². The second-order valence-electron chi connectivity index (χ2n) is 2.05. The molecule has 8 heavy (non-hydrogen) atoms. The summed E-state index contributed by atoms with van der Waals surface area (Å²) in [6, 6.07) is 0. The molecule has 44 valence electrons. The van der Waals surface area contributed by atoms with E-state index in [2.05, 4.69) is 31.4 Å². The van der Waals surface area contributed by atoms with Crippen LogP contribution in [0.3, 0.4) is 0 Å². The second-order valence-corrected chi connectivity index (χ2v) is 3.34. The number of rotatable bonds is 0. The largest absolute Gasteiger partial charge is 0.127 e. The summed E-state index contributed by atoms with van der Waals surface area (Å²) in [4.78, 5) is 0. The molecule has 0 aromatic rings. The average Bonchev–Trinajstić information content (AvgIpc) is 1.64. The van der Waals surface area contributed by atoms with Crippen LogP contribution in [0.25, 0.3) is 0 Å². The van der Waals surface area contributed by atoms with Crippen LogP contribution in [0.15, 0.2) is 23.1 Å². The molecule has 1 rings (SSSR count). The summed E-state index contributed by atoms with van der Waals surface area (Å²) < 4.78 is 0. The van der Waals surface area contributed by atoms with Crippen molar-refractivity contribution >= 4 is 11.8 Å². The Labute approximate surface area is 54.7 Å². The summed E-state index contributed by atoms with van der Waals surface area (Å²) >= 11 is 1.86. The van der Waals surface area contributed by atoms with Crippen LogP contribution in [-0.4, -0.2) is 5.25 Å². The van der Waals surface area contributed by atoms with E-state index in [4.69, 9.17) is 0 Å². The minimum absolute atomic E-state index is 0.681. The fourth-order valence-electron chi connectivity index (χ4n) is 0.736. The fourth-order valence-corrected chi connectivity index (χ4v) is 1.57. The van der Waals surface area contributed by atoms with Crippen LogP contribution < -0.4 is 0 Å². The Hall–Kier alpha value is -0.170. The Balaban J connectivity index is 2.63. The zero-order valence-electron chi connectivity index (χ0n) is 5.22. The zero-order chi connectivity index (χ0) is 5.98. The van der Waals surface area contributed by atoms with Crippen LogP contribution in [0, 0.1) is 0 Å². The van der Waals surface area contributed by atoms with Crippen LogP contribution in [0.1, 0.15) is 13.8 Å². The molecule has 0 fully saturated rings. The van der Waals surface area contributed by atoms with Gasteiger partial charge in [-0.25, -0.2) is 0 Å². The highest BCUT2D eigenvalue weighted by molar-refractivity contribution is 8.02. The monoisotopic (exact) mass is 126 g/mol. The van der Waals surface area contributed by atoms with Gasteiger partial charge in [0.1, 0.15) is 0 Å². The van der Waals surface area contributed by atoms with Crippen molar-refractivity contribution in [2.45, 2.75) is 19.1 Å². The van der Waals surface area contributed by atoms with E-state index in [1.807, 2.05) is 11.8 Å². The van der Waals surface area contributed by atoms with Crippen LogP contribution >= 0.6 is 11.8 Å². The van der Waals surface area contributed by atoms with Crippen molar-refractivity contribution in [3.8, 4) is 0 Å². The van der Waals surface area contributed by atoms with Crippen molar-refractivity contribution in [1.29, 1.82) is 0 Å². The number of hydrogen-bond acceptors (Lipinski definition) is 1. The molecule has 1 heterocycles. The Morgan fingerprint density at radius 1 is 1.62 bits per heavy atom. The third-order valence-corrected chi connectivity index (χ3v) is 1.98. The lowest BCUT2D eigenvalue weighted by molar-refractivity contribution is 1.22. The van der Waals surface area contributed by atoms with Gasteiger partial charge in [-0.1, -0.05) is 17.7 Å². The van der Waals surface area contributed by atoms with E-state index in [-0.39, 0.29) is 0 Å². The first-order chi connectivity index (χ1) is 3.79. The molecule has 0 spiro atoms. The molecular weight excluding hydrogens is 116 g/mol. The summed E-state index contributed by atoms with van der Waals surface area (Å²) in [5.41, 5.74) is 1.39. The molecule has 1 heteroatoms. The molecule has 0 bridgehead atoms. The summed E-state index contributed by atoms with van der Waals surface area (Å²) in [6.07, 6.45) is 4.41. The maximum atomic E-state index is 2.27. The van der Waals surface area contributed by atoms with Gasteiger partial charge in [0.2, 0.25) is 0 Å². The lowest BCUT2D eigenvalue weighted by Gasteiger charge is -2.06. The molecule has 0 aromatic carbocycles. The van der Waals surface area contributed by atoms with Crippen molar-refractivity contribution in [2.24, 2.45) is 0 Å². The smallest absolute Gasteiger partial charge is 0.0245 e. The van der Waals surface area contributed by atoms with Crippen LogP contribution in [-0.2, 0) is 0 Å². The standard InChI is InChI=1S/C7H10S/c1-6-3-4-8-7(2)5-6/h3-5,7H,1-2H3. The van der Waals surface area contributed by atoms with Crippen molar-refractivity contribution in [3.63, 3.8) is 0 Å². The SMILES string of the molecule is CC1=CC(C)SC=C1. The lowest BCUT2D eigenvalue weighted by Crippen LogP contribution is -1.91. The highest BCUT2D eigenvalue weighted by atomic mass is 32.2. The second kappa shape index (κ2) is 2.40. The predicted molar refractivity (Wildman–Crippen MR) is 40.0 cm³/mol. The lowest BCUT2D eigenvalue weighted by atomic mass is 10.2. The summed E-state index contributed by atoms with van der Waals surface area (Å²) in [6.45, 7) is 4.34. The van der Waals surface area contributed by atoms with Crippen molar-refractivity contribution < 1.29 is 0 Å². The average molecular weight is 126 g/mol. The van der Waals surface area contributed by atoms with Gasteiger partial charge in [0, 0.05) is 5.25 Å². The third kappa shape index (κ3) is 1.41. The van der Waals surface area contributed by atoms with Crippen LogP contribution in [0.5, 0.6) is 0 Å². The van der Waals surface area contributed by atoms with Crippen molar-refractivity contribution in [3.05, 3.63) is 23.1 Å². The van der Waals surface area contributed by atoms with Crippen LogP contribution in [0.2, 0.25) is 0 Å². The fraction of sp³-hybridized carbons (Fsp3) is 0.429. The summed E-state index contributed by atoms with van der Waals surface area (Å²) in [5.74, 6) is 0. The number of hydrogen-bond donors (Lipinski definition) is 0. The summed E-state index contributed by atoms with van der Waals surface area (Å²) in [5, 5.41) is 2.83. The number of allylic oxidation sites excluding steroid dienone is 2. The van der Waals surface area contributed by atoms with Gasteiger partial charge in [0.25, 0.3) is 0 Å². The molecule has 0 aliphatic carbocycles. The van der Waals surface area contributed by atoms with Crippen molar-refractivity contribution in [2.75, 3.05) is 0 Å². The van der Waals surface area contributed by atoms with Crippen LogP contribution in [0.4, 0.5) is 0 Å². The number of thioether (sulfide) groups is 1. The molecule has 1 aliphatic rings. The zero-order valence-corrected chi connectivity index (χ0v) is 6.03. The maximum absolute atomic E-state index is 2.27. The first-order valence-corrected chi connectivity index (χ1v) is 3.74. The molecule has 1 aliphatic heterocycles. The van der Waals surface area contributed by atoms with Crippen molar-refractivity contribution in [1.82, 2.24) is 0 Å². The van der Waals surface area contributed by atoms with E-state index in [0.717, 1.165) is 0 Å². The van der Waals surface area contributed by atoms with E-state index in [1.165, 1.54) is 5.57 Å². The molecule has 0 amide bonds. The first-order valence-electron chi connectivity index (χ1n) is 2.79. The normalized spacial score (nSPS) is 27.8.